The van der Waals surface area contributed by atoms with Crippen LogP contribution in [-0.4, -0.2) is 46.8 Å². The first kappa shape index (κ1) is 20.6. The van der Waals surface area contributed by atoms with Crippen molar-refractivity contribution in [2.24, 2.45) is 0 Å². The smallest absolute Gasteiger partial charge is 0.338 e. The van der Waals surface area contributed by atoms with Crippen LogP contribution >= 0.6 is 15.9 Å². The number of Topliss-reactive ketones (excluding diaryl/α,β-unsaturated/α-hetero) is 1. The maximum Gasteiger partial charge on any atom is 0.338 e. The highest BCUT2D eigenvalue weighted by Gasteiger charge is 2.19. The van der Waals surface area contributed by atoms with E-state index in [1.165, 1.54) is 40.6 Å². The fourth-order valence-electron chi connectivity index (χ4n) is 2.34. The van der Waals surface area contributed by atoms with E-state index < -0.39 is 12.6 Å². The summed E-state index contributed by atoms with van der Waals surface area (Å²) in [6.07, 6.45) is 0. The maximum atomic E-state index is 12.3. The van der Waals surface area contributed by atoms with Crippen LogP contribution in [-0.2, 0) is 4.74 Å². The highest BCUT2D eigenvalue weighted by Crippen LogP contribution is 2.38. The van der Waals surface area contributed by atoms with Crippen LogP contribution < -0.4 is 18.9 Å². The number of ether oxygens (including phenoxy) is 5. The van der Waals surface area contributed by atoms with E-state index in [0.717, 1.165) is 0 Å². The molecule has 7 nitrogen and oxygen atoms in total. The molecule has 0 N–H and O–H groups in total. The zero-order valence-corrected chi connectivity index (χ0v) is 16.9. The second-order valence-electron chi connectivity index (χ2n) is 5.26. The summed E-state index contributed by atoms with van der Waals surface area (Å²) >= 11 is 3.31. The largest absolute Gasteiger partial charge is 0.496 e. The lowest BCUT2D eigenvalue weighted by Gasteiger charge is -2.13. The van der Waals surface area contributed by atoms with E-state index in [9.17, 15) is 9.59 Å². The van der Waals surface area contributed by atoms with Gasteiger partial charge in [-0.2, -0.15) is 0 Å². The normalized spacial score (nSPS) is 10.1. The van der Waals surface area contributed by atoms with Crippen LogP contribution in [0.2, 0.25) is 0 Å². The Bertz CT molecular complexity index is 823. The topological polar surface area (TPSA) is 80.3 Å². The molecule has 0 radical (unpaired) electrons. The van der Waals surface area contributed by atoms with Gasteiger partial charge in [0, 0.05) is 5.56 Å². The zero-order valence-electron chi connectivity index (χ0n) is 15.3. The van der Waals surface area contributed by atoms with Gasteiger partial charge in [-0.3, -0.25) is 4.79 Å². The van der Waals surface area contributed by atoms with Gasteiger partial charge in [0.1, 0.15) is 5.75 Å². The van der Waals surface area contributed by atoms with Crippen molar-refractivity contribution in [3.63, 3.8) is 0 Å². The number of hydrogen-bond donors (Lipinski definition) is 0. The van der Waals surface area contributed by atoms with Gasteiger partial charge in [-0.1, -0.05) is 0 Å². The molecule has 0 saturated carbocycles. The molecule has 0 bridgehead atoms. The molecule has 0 aliphatic heterocycles. The average molecular weight is 439 g/mol. The third kappa shape index (κ3) is 4.71. The van der Waals surface area contributed by atoms with E-state index in [2.05, 4.69) is 15.9 Å². The minimum atomic E-state index is -0.685. The van der Waals surface area contributed by atoms with Gasteiger partial charge in [-0.05, 0) is 46.3 Å². The Morgan fingerprint density at radius 2 is 1.41 bits per heavy atom. The molecule has 0 amide bonds. The molecule has 0 saturated heterocycles. The van der Waals surface area contributed by atoms with E-state index in [4.69, 9.17) is 23.7 Å². The Kier molecular flexibility index (Phi) is 7.06. The minimum absolute atomic E-state index is 0.174. The Morgan fingerprint density at radius 3 is 1.89 bits per heavy atom. The van der Waals surface area contributed by atoms with E-state index in [1.807, 2.05) is 0 Å². The number of halogens is 1. The Hall–Kier alpha value is -2.74. The van der Waals surface area contributed by atoms with Gasteiger partial charge in [0.05, 0.1) is 38.5 Å². The molecule has 27 heavy (non-hydrogen) atoms. The highest BCUT2D eigenvalue weighted by atomic mass is 79.9. The molecule has 2 aromatic carbocycles. The van der Waals surface area contributed by atoms with Crippen molar-refractivity contribution in [2.45, 2.75) is 0 Å². The average Bonchev–Trinajstić information content (AvgIpc) is 2.70. The Labute approximate surface area is 165 Å². The quantitative estimate of drug-likeness (QED) is 0.460. The first-order valence-corrected chi connectivity index (χ1v) is 8.58. The summed E-state index contributed by atoms with van der Waals surface area (Å²) in [5, 5.41) is 0. The summed E-state index contributed by atoms with van der Waals surface area (Å²) in [5.74, 6) is 0.550. The third-order valence-electron chi connectivity index (χ3n) is 3.71. The molecular formula is C19H19BrO7. The van der Waals surface area contributed by atoms with Crippen molar-refractivity contribution in [3.05, 3.63) is 45.9 Å². The number of benzene rings is 2. The Balaban J connectivity index is 2.13. The van der Waals surface area contributed by atoms with Crippen molar-refractivity contribution >= 4 is 27.7 Å². The van der Waals surface area contributed by atoms with Crippen molar-refractivity contribution in [1.82, 2.24) is 0 Å². The van der Waals surface area contributed by atoms with Gasteiger partial charge in [0.15, 0.2) is 23.9 Å². The van der Waals surface area contributed by atoms with Crippen LogP contribution in [0.5, 0.6) is 23.0 Å². The first-order chi connectivity index (χ1) is 12.9. The molecule has 0 aromatic heterocycles. The van der Waals surface area contributed by atoms with E-state index in [0.29, 0.717) is 33.0 Å². The van der Waals surface area contributed by atoms with Crippen molar-refractivity contribution < 1.29 is 33.3 Å². The number of carbonyl (C=O) groups excluding carboxylic acids is 2. The van der Waals surface area contributed by atoms with Crippen LogP contribution in [0.1, 0.15) is 20.7 Å². The van der Waals surface area contributed by atoms with Crippen molar-refractivity contribution in [3.8, 4) is 23.0 Å². The maximum absolute atomic E-state index is 12.3. The molecule has 8 heteroatoms. The lowest BCUT2D eigenvalue weighted by molar-refractivity contribution is 0.0474. The fraction of sp³-hybridized carbons (Fsp3) is 0.263. The molecule has 144 valence electrons. The number of carbonyl (C=O) groups is 2. The lowest BCUT2D eigenvalue weighted by Crippen LogP contribution is -2.14. The van der Waals surface area contributed by atoms with Crippen molar-refractivity contribution in [1.29, 1.82) is 0 Å². The SMILES string of the molecule is COc1ccc(C(=O)COC(=O)c2cc(OC)c(OC)c(OC)c2)cc1Br. The monoisotopic (exact) mass is 438 g/mol. The summed E-state index contributed by atoms with van der Waals surface area (Å²) in [7, 11) is 5.87. The number of esters is 1. The van der Waals surface area contributed by atoms with Crippen LogP contribution in [0, 0.1) is 0 Å². The molecule has 0 unspecified atom stereocenters. The van der Waals surface area contributed by atoms with Gasteiger partial charge in [-0.25, -0.2) is 4.79 Å². The third-order valence-corrected chi connectivity index (χ3v) is 4.33. The molecule has 0 aliphatic carbocycles. The zero-order chi connectivity index (χ0) is 20.0. The van der Waals surface area contributed by atoms with Crippen LogP contribution in [0.3, 0.4) is 0 Å². The van der Waals surface area contributed by atoms with E-state index in [1.54, 1.807) is 18.2 Å². The molecule has 0 atom stereocenters. The molecule has 2 rings (SSSR count). The summed E-state index contributed by atoms with van der Waals surface area (Å²) < 4.78 is 26.5. The summed E-state index contributed by atoms with van der Waals surface area (Å²) in [6, 6.07) is 7.77. The second-order valence-corrected chi connectivity index (χ2v) is 6.12. The van der Waals surface area contributed by atoms with E-state index in [-0.39, 0.29) is 11.3 Å². The van der Waals surface area contributed by atoms with Crippen LogP contribution in [0.15, 0.2) is 34.8 Å². The summed E-state index contributed by atoms with van der Waals surface area (Å²) in [4.78, 5) is 24.6. The van der Waals surface area contributed by atoms with Gasteiger partial charge in [-0.15, -0.1) is 0 Å². The molecule has 0 fully saturated rings. The van der Waals surface area contributed by atoms with Gasteiger partial charge in [0.25, 0.3) is 0 Å². The molecule has 0 spiro atoms. The lowest BCUT2D eigenvalue weighted by atomic mass is 10.1. The van der Waals surface area contributed by atoms with E-state index >= 15 is 0 Å². The van der Waals surface area contributed by atoms with Crippen LogP contribution in [0.25, 0.3) is 0 Å². The van der Waals surface area contributed by atoms with Crippen molar-refractivity contribution in [2.75, 3.05) is 35.0 Å². The van der Waals surface area contributed by atoms with Gasteiger partial charge >= 0.3 is 5.97 Å². The van der Waals surface area contributed by atoms with Gasteiger partial charge < -0.3 is 23.7 Å². The minimum Gasteiger partial charge on any atom is -0.496 e. The Morgan fingerprint density at radius 1 is 0.815 bits per heavy atom. The summed E-state index contributed by atoms with van der Waals surface area (Å²) in [6.45, 7) is -0.408. The van der Waals surface area contributed by atoms with Crippen LogP contribution in [0.4, 0.5) is 0 Å². The second kappa shape index (κ2) is 9.27. The summed E-state index contributed by atoms with van der Waals surface area (Å²) in [5.41, 5.74) is 0.563. The number of ketones is 1. The molecular weight excluding hydrogens is 420 g/mol. The molecule has 0 aliphatic rings. The van der Waals surface area contributed by atoms with Gasteiger partial charge in [0.2, 0.25) is 5.75 Å². The molecule has 0 heterocycles. The predicted octanol–water partition coefficient (Wildman–Crippen LogP) is 3.52. The fourth-order valence-corrected chi connectivity index (χ4v) is 2.88. The number of hydrogen-bond acceptors (Lipinski definition) is 7. The standard InChI is InChI=1S/C19H19BrO7/c1-23-15-6-5-11(7-13(15)20)14(21)10-27-19(22)12-8-16(24-2)18(26-4)17(9-12)25-3/h5-9H,10H2,1-4H3. The first-order valence-electron chi connectivity index (χ1n) is 7.79. The predicted molar refractivity (Wildman–Crippen MR) is 101 cm³/mol. The highest BCUT2D eigenvalue weighted by molar-refractivity contribution is 9.10. The molecule has 2 aromatic rings. The number of rotatable bonds is 8. The number of methoxy groups -OCH3 is 4.